The van der Waals surface area contributed by atoms with Gasteiger partial charge in [0.05, 0.1) is 25.3 Å². The Morgan fingerprint density at radius 2 is 1.79 bits per heavy atom. The van der Waals surface area contributed by atoms with Crippen molar-refractivity contribution in [3.05, 3.63) is 76.5 Å². The molecule has 1 fully saturated rings. The number of aryl methyl sites for hydroxylation is 1. The van der Waals surface area contributed by atoms with Crippen molar-refractivity contribution in [1.29, 1.82) is 0 Å². The molecule has 0 unspecified atom stereocenters. The number of carbonyl (C=O) groups excluding carboxylic acids is 3. The highest BCUT2D eigenvalue weighted by Gasteiger charge is 2.39. The third kappa shape index (κ3) is 5.52. The minimum absolute atomic E-state index is 0.00831. The molecular formula is C29H36N4O5. The van der Waals surface area contributed by atoms with Crippen LogP contribution in [0.5, 0.6) is 5.75 Å². The second-order valence-corrected chi connectivity index (χ2v) is 9.71. The molecule has 2 heterocycles. The Morgan fingerprint density at radius 3 is 2.45 bits per heavy atom. The van der Waals surface area contributed by atoms with E-state index in [-0.39, 0.29) is 24.6 Å². The Kier molecular flexibility index (Phi) is 8.36. The highest BCUT2D eigenvalue weighted by molar-refractivity contribution is 5.96. The molecule has 1 N–H and O–H groups in total. The summed E-state index contributed by atoms with van der Waals surface area (Å²) in [7, 11) is 3.21. The summed E-state index contributed by atoms with van der Waals surface area (Å²) in [6.45, 7) is 8.10. The van der Waals surface area contributed by atoms with E-state index in [1.54, 1.807) is 27.1 Å². The number of likely N-dealkylation sites (N-methyl/N-ethyl adjacent to an activating group) is 1. The van der Waals surface area contributed by atoms with E-state index in [0.717, 1.165) is 5.56 Å². The number of para-hydroxylation sites is 1. The first kappa shape index (κ1) is 27.2. The summed E-state index contributed by atoms with van der Waals surface area (Å²) < 4.78 is 11.0. The molecule has 9 nitrogen and oxygen atoms in total. The zero-order chi connectivity index (χ0) is 27.4. The number of hydrogen-bond acceptors (Lipinski definition) is 6. The third-order valence-electron chi connectivity index (χ3n) is 7.17. The minimum atomic E-state index is -0.717. The average Bonchev–Trinajstić information content (AvgIpc) is 2.91. The number of amides is 3. The van der Waals surface area contributed by atoms with Gasteiger partial charge in [0.2, 0.25) is 0 Å². The zero-order valence-corrected chi connectivity index (χ0v) is 22.7. The maximum atomic E-state index is 13.3. The van der Waals surface area contributed by atoms with Crippen LogP contribution in [0.4, 0.5) is 4.79 Å². The molecule has 38 heavy (non-hydrogen) atoms. The molecule has 3 amide bonds. The molecule has 2 aromatic rings. The highest BCUT2D eigenvalue weighted by atomic mass is 16.5. The lowest BCUT2D eigenvalue weighted by Gasteiger charge is -2.42. The quantitative estimate of drug-likeness (QED) is 0.563. The van der Waals surface area contributed by atoms with Crippen molar-refractivity contribution in [2.24, 2.45) is 0 Å². The van der Waals surface area contributed by atoms with Crippen LogP contribution in [0.3, 0.4) is 0 Å². The van der Waals surface area contributed by atoms with Crippen LogP contribution in [0, 0.1) is 6.92 Å². The fourth-order valence-corrected chi connectivity index (χ4v) is 5.09. The largest absolute Gasteiger partial charge is 0.496 e. The Bertz CT molecular complexity index is 1230. The van der Waals surface area contributed by atoms with E-state index in [4.69, 9.17) is 9.47 Å². The molecule has 2 aliphatic rings. The standard InChI is InChI=1S/C29H36N4O5/c1-6-38-28(35)25-23(31(4)29(36)30-26(25)22-9-7-8-10-24(22)37-5)18-32-15-16-33(20(3)17-32)27(34)21-13-11-19(2)12-14-21/h7-14,20,26H,6,15-18H2,1-5H3,(H,30,36)/t20-,26+/m1/s1. The number of carbonyl (C=O) groups is 3. The summed E-state index contributed by atoms with van der Waals surface area (Å²) in [5.74, 6) is 0.0980. The van der Waals surface area contributed by atoms with E-state index in [1.807, 2.05) is 61.2 Å². The van der Waals surface area contributed by atoms with Crippen molar-refractivity contribution in [2.45, 2.75) is 32.9 Å². The van der Waals surface area contributed by atoms with Crippen LogP contribution in [0.25, 0.3) is 0 Å². The molecule has 0 aromatic heterocycles. The number of methoxy groups -OCH3 is 1. The van der Waals surface area contributed by atoms with Crippen LogP contribution < -0.4 is 10.1 Å². The summed E-state index contributed by atoms with van der Waals surface area (Å²) in [5, 5.41) is 2.94. The summed E-state index contributed by atoms with van der Waals surface area (Å²) in [6.07, 6.45) is 0. The summed E-state index contributed by atoms with van der Waals surface area (Å²) in [6, 6.07) is 13.9. The first-order valence-corrected chi connectivity index (χ1v) is 12.9. The molecule has 2 aromatic carbocycles. The minimum Gasteiger partial charge on any atom is -0.496 e. The lowest BCUT2D eigenvalue weighted by atomic mass is 9.93. The van der Waals surface area contributed by atoms with Gasteiger partial charge in [-0.2, -0.15) is 0 Å². The molecule has 0 spiro atoms. The molecular weight excluding hydrogens is 484 g/mol. The Balaban J connectivity index is 1.62. The first-order chi connectivity index (χ1) is 18.2. The lowest BCUT2D eigenvalue weighted by Crippen LogP contribution is -2.56. The SMILES string of the molecule is CCOC(=O)C1=C(CN2CCN(C(=O)c3ccc(C)cc3)[C@H](C)C2)N(C)C(=O)N[C@H]1c1ccccc1OC. The molecule has 2 atom stereocenters. The van der Waals surface area contributed by atoms with Crippen LogP contribution in [-0.2, 0) is 9.53 Å². The van der Waals surface area contributed by atoms with Crippen molar-refractivity contribution < 1.29 is 23.9 Å². The fraction of sp³-hybridized carbons (Fsp3) is 0.414. The van der Waals surface area contributed by atoms with Crippen LogP contribution in [0.2, 0.25) is 0 Å². The van der Waals surface area contributed by atoms with Crippen molar-refractivity contribution in [2.75, 3.05) is 46.9 Å². The molecule has 0 saturated carbocycles. The number of ether oxygens (including phenoxy) is 2. The van der Waals surface area contributed by atoms with Gasteiger partial charge in [-0.05, 0) is 39.0 Å². The number of esters is 1. The number of hydrogen-bond donors (Lipinski definition) is 1. The number of nitrogens with one attached hydrogen (secondary N) is 1. The molecule has 202 valence electrons. The number of benzene rings is 2. The second kappa shape index (κ2) is 11.7. The van der Waals surface area contributed by atoms with Gasteiger partial charge < -0.3 is 19.7 Å². The Hall–Kier alpha value is -3.85. The zero-order valence-electron chi connectivity index (χ0n) is 22.7. The van der Waals surface area contributed by atoms with E-state index < -0.39 is 12.0 Å². The Labute approximate surface area is 224 Å². The van der Waals surface area contributed by atoms with E-state index >= 15 is 0 Å². The number of urea groups is 1. The second-order valence-electron chi connectivity index (χ2n) is 9.71. The van der Waals surface area contributed by atoms with Crippen molar-refractivity contribution in [3.8, 4) is 5.75 Å². The van der Waals surface area contributed by atoms with Gasteiger partial charge in [-0.3, -0.25) is 14.6 Å². The van der Waals surface area contributed by atoms with Crippen molar-refractivity contribution in [3.63, 3.8) is 0 Å². The van der Waals surface area contributed by atoms with E-state index in [9.17, 15) is 14.4 Å². The number of rotatable bonds is 7. The summed E-state index contributed by atoms with van der Waals surface area (Å²) >= 11 is 0. The molecule has 0 aliphatic carbocycles. The van der Waals surface area contributed by atoms with Gasteiger partial charge in [-0.1, -0.05) is 35.9 Å². The molecule has 9 heteroatoms. The predicted molar refractivity (Wildman–Crippen MR) is 144 cm³/mol. The van der Waals surface area contributed by atoms with Crippen LogP contribution in [0.1, 0.15) is 41.4 Å². The highest BCUT2D eigenvalue weighted by Crippen LogP contribution is 2.36. The molecule has 0 radical (unpaired) electrons. The van der Waals surface area contributed by atoms with Crippen LogP contribution in [0.15, 0.2) is 59.8 Å². The monoisotopic (exact) mass is 520 g/mol. The maximum Gasteiger partial charge on any atom is 0.338 e. The van der Waals surface area contributed by atoms with Gasteiger partial charge in [0.25, 0.3) is 5.91 Å². The Morgan fingerprint density at radius 1 is 1.08 bits per heavy atom. The molecule has 4 rings (SSSR count). The first-order valence-electron chi connectivity index (χ1n) is 12.9. The van der Waals surface area contributed by atoms with E-state index in [0.29, 0.717) is 54.3 Å². The predicted octanol–water partition coefficient (Wildman–Crippen LogP) is 3.36. The van der Waals surface area contributed by atoms with E-state index in [2.05, 4.69) is 10.2 Å². The molecule has 1 saturated heterocycles. The van der Waals surface area contributed by atoms with Gasteiger partial charge in [0, 0.05) is 56.1 Å². The fourth-order valence-electron chi connectivity index (χ4n) is 5.09. The number of piperazine rings is 1. The molecule has 2 aliphatic heterocycles. The van der Waals surface area contributed by atoms with Crippen molar-refractivity contribution >= 4 is 17.9 Å². The summed E-state index contributed by atoms with van der Waals surface area (Å²) in [5.41, 5.74) is 3.42. The van der Waals surface area contributed by atoms with Crippen LogP contribution >= 0.6 is 0 Å². The summed E-state index contributed by atoms with van der Waals surface area (Å²) in [4.78, 5) is 45.0. The smallest absolute Gasteiger partial charge is 0.338 e. The average molecular weight is 521 g/mol. The van der Waals surface area contributed by atoms with Crippen LogP contribution in [-0.4, -0.2) is 85.6 Å². The topological polar surface area (TPSA) is 91.4 Å². The van der Waals surface area contributed by atoms with Gasteiger partial charge in [0.1, 0.15) is 5.75 Å². The third-order valence-corrected chi connectivity index (χ3v) is 7.17. The van der Waals surface area contributed by atoms with Gasteiger partial charge in [-0.25, -0.2) is 9.59 Å². The maximum absolute atomic E-state index is 13.3. The number of nitrogens with zero attached hydrogens (tertiary/aromatic N) is 3. The molecule has 0 bridgehead atoms. The lowest BCUT2D eigenvalue weighted by molar-refractivity contribution is -0.139. The van der Waals surface area contributed by atoms with Gasteiger partial charge in [-0.15, -0.1) is 0 Å². The normalized spacial score (nSPS) is 20.3. The van der Waals surface area contributed by atoms with Gasteiger partial charge >= 0.3 is 12.0 Å². The van der Waals surface area contributed by atoms with E-state index in [1.165, 1.54) is 4.90 Å². The van der Waals surface area contributed by atoms with Crippen molar-refractivity contribution in [1.82, 2.24) is 20.0 Å². The van der Waals surface area contributed by atoms with Gasteiger partial charge in [0.15, 0.2) is 0 Å².